The molecule has 0 spiro atoms. The zero-order chi connectivity index (χ0) is 13.2. The highest BCUT2D eigenvalue weighted by Crippen LogP contribution is 2.36. The Hall–Kier alpha value is -0.700. The average Bonchev–Trinajstić information content (AvgIpc) is 2.47. The highest BCUT2D eigenvalue weighted by atomic mass is 32.1. The van der Waals surface area contributed by atoms with Crippen molar-refractivity contribution in [3.8, 4) is 0 Å². The van der Waals surface area contributed by atoms with Crippen molar-refractivity contribution in [3.63, 3.8) is 0 Å². The zero-order valence-electron chi connectivity index (χ0n) is 11.9. The number of nitrogens with zero attached hydrogens (tertiary/aromatic N) is 1. The van der Waals surface area contributed by atoms with Crippen molar-refractivity contribution in [2.24, 2.45) is 5.92 Å². The van der Waals surface area contributed by atoms with E-state index in [0.29, 0.717) is 5.92 Å². The van der Waals surface area contributed by atoms with E-state index in [2.05, 4.69) is 11.9 Å². The molecule has 1 N–H and O–H groups in total. The molecule has 0 saturated heterocycles. The fourth-order valence-electron chi connectivity index (χ4n) is 3.74. The second-order valence-electron chi connectivity index (χ2n) is 6.23. The highest BCUT2D eigenvalue weighted by molar-refractivity contribution is 7.71. The van der Waals surface area contributed by atoms with E-state index in [1.165, 1.54) is 68.4 Å². The molecule has 1 aromatic rings. The van der Waals surface area contributed by atoms with Crippen molar-refractivity contribution in [1.82, 2.24) is 9.97 Å². The SMILES string of the molecule is CCC1CCCC(c2nc(=S)c3c([nH]2)CCCC3)C1. The summed E-state index contributed by atoms with van der Waals surface area (Å²) >= 11 is 5.52. The molecule has 1 fully saturated rings. The first-order chi connectivity index (χ1) is 9.28. The Morgan fingerprint density at radius 1 is 1.21 bits per heavy atom. The van der Waals surface area contributed by atoms with Crippen LogP contribution in [0, 0.1) is 10.6 Å². The quantitative estimate of drug-likeness (QED) is 0.793. The molecular formula is C16H24N2S. The van der Waals surface area contributed by atoms with E-state index < -0.39 is 0 Å². The summed E-state index contributed by atoms with van der Waals surface area (Å²) in [7, 11) is 0. The maximum absolute atomic E-state index is 5.52. The van der Waals surface area contributed by atoms with E-state index in [-0.39, 0.29) is 0 Å². The molecule has 2 unspecified atom stereocenters. The Kier molecular flexibility index (Phi) is 4.01. The number of aryl methyl sites for hydroxylation is 1. The number of rotatable bonds is 2. The second-order valence-corrected chi connectivity index (χ2v) is 6.62. The van der Waals surface area contributed by atoms with E-state index in [1.807, 2.05) is 0 Å². The lowest BCUT2D eigenvalue weighted by Gasteiger charge is -2.28. The minimum Gasteiger partial charge on any atom is -0.347 e. The van der Waals surface area contributed by atoms with E-state index in [0.717, 1.165) is 17.0 Å². The molecule has 3 heteroatoms. The molecule has 2 atom stereocenters. The Morgan fingerprint density at radius 2 is 2.05 bits per heavy atom. The van der Waals surface area contributed by atoms with Gasteiger partial charge in [-0.25, -0.2) is 4.98 Å². The number of H-pyrrole nitrogens is 1. The van der Waals surface area contributed by atoms with Gasteiger partial charge < -0.3 is 4.98 Å². The van der Waals surface area contributed by atoms with Gasteiger partial charge in [-0.1, -0.05) is 38.4 Å². The van der Waals surface area contributed by atoms with Crippen LogP contribution in [0.5, 0.6) is 0 Å². The molecule has 1 saturated carbocycles. The molecule has 2 aliphatic carbocycles. The molecule has 0 aliphatic heterocycles. The normalized spacial score (nSPS) is 27.0. The van der Waals surface area contributed by atoms with Crippen molar-refractivity contribution in [2.75, 3.05) is 0 Å². The first-order valence-electron chi connectivity index (χ1n) is 7.90. The van der Waals surface area contributed by atoms with Crippen molar-refractivity contribution in [2.45, 2.75) is 70.6 Å². The molecule has 1 aromatic heterocycles. The number of aromatic nitrogens is 2. The number of fused-ring (bicyclic) bond motifs is 1. The number of aromatic amines is 1. The molecular weight excluding hydrogens is 252 g/mol. The summed E-state index contributed by atoms with van der Waals surface area (Å²) in [6, 6.07) is 0. The van der Waals surface area contributed by atoms with Crippen molar-refractivity contribution >= 4 is 12.2 Å². The van der Waals surface area contributed by atoms with Crippen molar-refractivity contribution < 1.29 is 0 Å². The van der Waals surface area contributed by atoms with Gasteiger partial charge in [-0.05, 0) is 44.4 Å². The Labute approximate surface area is 121 Å². The Bertz CT molecular complexity index is 506. The number of nitrogens with one attached hydrogen (secondary N) is 1. The largest absolute Gasteiger partial charge is 0.347 e. The van der Waals surface area contributed by atoms with Crippen LogP contribution in [-0.4, -0.2) is 9.97 Å². The summed E-state index contributed by atoms with van der Waals surface area (Å²) < 4.78 is 0.877. The van der Waals surface area contributed by atoms with Gasteiger partial charge in [0.15, 0.2) is 0 Å². The molecule has 0 aromatic carbocycles. The lowest BCUT2D eigenvalue weighted by Crippen LogP contribution is -2.18. The molecule has 3 rings (SSSR count). The number of hydrogen-bond acceptors (Lipinski definition) is 2. The maximum Gasteiger partial charge on any atom is 0.133 e. The van der Waals surface area contributed by atoms with Crippen LogP contribution in [0.1, 0.15) is 74.9 Å². The predicted molar refractivity (Wildman–Crippen MR) is 81.1 cm³/mol. The predicted octanol–water partition coefficient (Wildman–Crippen LogP) is 4.70. The minimum atomic E-state index is 0.618. The fourth-order valence-corrected chi connectivity index (χ4v) is 4.07. The van der Waals surface area contributed by atoms with E-state index in [9.17, 15) is 0 Å². The van der Waals surface area contributed by atoms with Crippen LogP contribution in [0.4, 0.5) is 0 Å². The van der Waals surface area contributed by atoms with Crippen LogP contribution >= 0.6 is 12.2 Å². The van der Waals surface area contributed by atoms with Crippen LogP contribution in [-0.2, 0) is 12.8 Å². The summed E-state index contributed by atoms with van der Waals surface area (Å²) in [6.07, 6.45) is 11.5. The molecule has 2 aliphatic rings. The van der Waals surface area contributed by atoms with Gasteiger partial charge in [0.2, 0.25) is 0 Å². The molecule has 0 radical (unpaired) electrons. The monoisotopic (exact) mass is 276 g/mol. The van der Waals surface area contributed by atoms with Gasteiger partial charge in [0, 0.05) is 17.2 Å². The van der Waals surface area contributed by atoms with E-state index in [4.69, 9.17) is 17.2 Å². The van der Waals surface area contributed by atoms with Crippen LogP contribution < -0.4 is 0 Å². The standard InChI is InChI=1S/C16H24N2S/c1-2-11-6-5-7-12(10-11)15-17-14-9-4-3-8-13(14)16(19)18-15/h11-12H,2-10H2,1H3,(H,17,18,19). The number of hydrogen-bond donors (Lipinski definition) is 1. The summed E-state index contributed by atoms with van der Waals surface area (Å²) in [6.45, 7) is 2.32. The zero-order valence-corrected chi connectivity index (χ0v) is 12.7. The first-order valence-corrected chi connectivity index (χ1v) is 8.30. The van der Waals surface area contributed by atoms with E-state index in [1.54, 1.807) is 0 Å². The molecule has 0 amide bonds. The van der Waals surface area contributed by atoms with Gasteiger partial charge in [-0.3, -0.25) is 0 Å². The van der Waals surface area contributed by atoms with Gasteiger partial charge in [-0.15, -0.1) is 0 Å². The van der Waals surface area contributed by atoms with Crippen LogP contribution in [0.2, 0.25) is 0 Å². The van der Waals surface area contributed by atoms with Crippen LogP contribution in [0.25, 0.3) is 0 Å². The molecule has 19 heavy (non-hydrogen) atoms. The summed E-state index contributed by atoms with van der Waals surface area (Å²) in [5.41, 5.74) is 2.72. The van der Waals surface area contributed by atoms with Gasteiger partial charge in [0.25, 0.3) is 0 Å². The third-order valence-electron chi connectivity index (χ3n) is 4.97. The van der Waals surface area contributed by atoms with Gasteiger partial charge in [-0.2, -0.15) is 0 Å². The van der Waals surface area contributed by atoms with Crippen LogP contribution in [0.3, 0.4) is 0 Å². The third-order valence-corrected chi connectivity index (χ3v) is 5.31. The minimum absolute atomic E-state index is 0.618. The Morgan fingerprint density at radius 3 is 2.89 bits per heavy atom. The lowest BCUT2D eigenvalue weighted by atomic mass is 9.79. The molecule has 1 heterocycles. The smallest absolute Gasteiger partial charge is 0.133 e. The fraction of sp³-hybridized carbons (Fsp3) is 0.750. The third kappa shape index (κ3) is 2.76. The summed E-state index contributed by atoms with van der Waals surface area (Å²) in [5, 5.41) is 0. The molecule has 0 bridgehead atoms. The van der Waals surface area contributed by atoms with Crippen molar-refractivity contribution in [1.29, 1.82) is 0 Å². The maximum atomic E-state index is 5.52. The van der Waals surface area contributed by atoms with Gasteiger partial charge in [0.05, 0.1) is 0 Å². The topological polar surface area (TPSA) is 28.7 Å². The lowest BCUT2D eigenvalue weighted by molar-refractivity contribution is 0.306. The van der Waals surface area contributed by atoms with Crippen LogP contribution in [0.15, 0.2) is 0 Å². The van der Waals surface area contributed by atoms with E-state index >= 15 is 0 Å². The Balaban J connectivity index is 1.88. The van der Waals surface area contributed by atoms with Gasteiger partial charge in [0.1, 0.15) is 10.5 Å². The highest BCUT2D eigenvalue weighted by Gasteiger charge is 2.25. The first kappa shape index (κ1) is 13.3. The average molecular weight is 276 g/mol. The second kappa shape index (κ2) is 5.74. The molecule has 104 valence electrons. The van der Waals surface area contributed by atoms with Crippen molar-refractivity contribution in [3.05, 3.63) is 21.7 Å². The molecule has 2 nitrogen and oxygen atoms in total. The van der Waals surface area contributed by atoms with Gasteiger partial charge >= 0.3 is 0 Å². The summed E-state index contributed by atoms with van der Waals surface area (Å²) in [4.78, 5) is 8.38. The summed E-state index contributed by atoms with van der Waals surface area (Å²) in [5.74, 6) is 2.69.